The number of ether oxygens (including phenoxy) is 1. The minimum absolute atomic E-state index is 0.168. The highest BCUT2D eigenvalue weighted by atomic mass is 16.5. The molecule has 166 valence electrons. The van der Waals surface area contributed by atoms with Crippen LogP contribution >= 0.6 is 0 Å². The molecular formula is C23H25N5O4. The van der Waals surface area contributed by atoms with Gasteiger partial charge in [-0.15, -0.1) is 0 Å². The Bertz CT molecular complexity index is 1250. The first-order valence-corrected chi connectivity index (χ1v) is 10.6. The minimum atomic E-state index is -0.814. The van der Waals surface area contributed by atoms with Gasteiger partial charge < -0.3 is 10.1 Å². The first kappa shape index (κ1) is 21.5. The minimum Gasteiger partial charge on any atom is -0.497 e. The van der Waals surface area contributed by atoms with Gasteiger partial charge in [-0.2, -0.15) is 10.2 Å². The summed E-state index contributed by atoms with van der Waals surface area (Å²) in [5.41, 5.74) is 2.80. The van der Waals surface area contributed by atoms with Crippen molar-refractivity contribution in [3.05, 3.63) is 74.4 Å². The van der Waals surface area contributed by atoms with Gasteiger partial charge in [0.15, 0.2) is 0 Å². The standard InChI is InChI=1S/C23H25N5O4/c1-15(23(31)24-12-13-27-22(30)14-17-4-3-5-19(17)25-27)28-21(29)11-10-20(26-28)16-6-8-18(32-2)9-7-16/h6-11,14-15H,3-5,12-13H2,1-2H3,(H,24,31). The fourth-order valence-corrected chi connectivity index (χ4v) is 3.76. The van der Waals surface area contributed by atoms with Gasteiger partial charge in [0.05, 0.1) is 25.0 Å². The van der Waals surface area contributed by atoms with E-state index in [1.807, 2.05) is 12.1 Å². The van der Waals surface area contributed by atoms with Crippen molar-refractivity contribution in [3.8, 4) is 17.0 Å². The fraction of sp³-hybridized carbons (Fsp3) is 0.348. The van der Waals surface area contributed by atoms with E-state index in [1.54, 1.807) is 38.3 Å². The maximum absolute atomic E-state index is 12.7. The number of hydrogen-bond donors (Lipinski definition) is 1. The Morgan fingerprint density at radius 3 is 2.62 bits per heavy atom. The lowest BCUT2D eigenvalue weighted by atomic mass is 10.1. The van der Waals surface area contributed by atoms with Crippen LogP contribution in [-0.2, 0) is 24.2 Å². The second-order valence-corrected chi connectivity index (χ2v) is 7.73. The number of amides is 1. The summed E-state index contributed by atoms with van der Waals surface area (Å²) in [5, 5.41) is 11.5. The van der Waals surface area contributed by atoms with Gasteiger partial charge in [-0.25, -0.2) is 9.36 Å². The van der Waals surface area contributed by atoms with E-state index in [0.29, 0.717) is 11.4 Å². The van der Waals surface area contributed by atoms with Crippen molar-refractivity contribution in [1.82, 2.24) is 24.9 Å². The zero-order valence-electron chi connectivity index (χ0n) is 18.1. The summed E-state index contributed by atoms with van der Waals surface area (Å²) in [6.07, 6.45) is 2.78. The average Bonchev–Trinajstić information content (AvgIpc) is 3.26. The molecule has 9 nitrogen and oxygen atoms in total. The third-order valence-electron chi connectivity index (χ3n) is 5.60. The monoisotopic (exact) mass is 435 g/mol. The highest BCUT2D eigenvalue weighted by molar-refractivity contribution is 5.79. The van der Waals surface area contributed by atoms with Crippen molar-refractivity contribution in [2.45, 2.75) is 38.8 Å². The molecule has 0 bridgehead atoms. The highest BCUT2D eigenvalue weighted by Crippen LogP contribution is 2.20. The Kier molecular flexibility index (Phi) is 6.16. The van der Waals surface area contributed by atoms with Crippen molar-refractivity contribution < 1.29 is 9.53 Å². The molecule has 9 heteroatoms. The lowest BCUT2D eigenvalue weighted by Crippen LogP contribution is -2.39. The number of benzene rings is 1. The number of carbonyl (C=O) groups excluding carboxylic acids is 1. The van der Waals surface area contributed by atoms with Gasteiger partial charge in [0.2, 0.25) is 5.91 Å². The van der Waals surface area contributed by atoms with Crippen molar-refractivity contribution in [2.75, 3.05) is 13.7 Å². The van der Waals surface area contributed by atoms with Gasteiger partial charge in [0, 0.05) is 24.2 Å². The van der Waals surface area contributed by atoms with E-state index in [-0.39, 0.29) is 30.1 Å². The Morgan fingerprint density at radius 2 is 1.88 bits per heavy atom. The molecule has 0 spiro atoms. The van der Waals surface area contributed by atoms with Crippen molar-refractivity contribution >= 4 is 5.91 Å². The predicted molar refractivity (Wildman–Crippen MR) is 119 cm³/mol. The lowest BCUT2D eigenvalue weighted by molar-refractivity contribution is -0.124. The maximum atomic E-state index is 12.7. The molecule has 3 aromatic rings. The Balaban J connectivity index is 1.43. The summed E-state index contributed by atoms with van der Waals surface area (Å²) in [6.45, 7) is 2.10. The van der Waals surface area contributed by atoms with E-state index in [1.165, 1.54) is 10.7 Å². The van der Waals surface area contributed by atoms with E-state index in [0.717, 1.165) is 40.8 Å². The van der Waals surface area contributed by atoms with Crippen LogP contribution in [0.5, 0.6) is 5.75 Å². The van der Waals surface area contributed by atoms with Crippen LogP contribution in [0.2, 0.25) is 0 Å². The summed E-state index contributed by atoms with van der Waals surface area (Å²) in [6, 6.07) is 11.1. The number of aryl methyl sites for hydroxylation is 2. The van der Waals surface area contributed by atoms with Crippen molar-refractivity contribution in [1.29, 1.82) is 0 Å². The third-order valence-corrected chi connectivity index (χ3v) is 5.60. The van der Waals surface area contributed by atoms with Crippen LogP contribution in [-0.4, -0.2) is 39.1 Å². The lowest BCUT2D eigenvalue weighted by Gasteiger charge is -2.15. The van der Waals surface area contributed by atoms with E-state index >= 15 is 0 Å². The van der Waals surface area contributed by atoms with Crippen LogP contribution < -0.4 is 21.2 Å². The molecule has 1 aliphatic carbocycles. The number of fused-ring (bicyclic) bond motifs is 1. The Labute approximate surface area is 184 Å². The second-order valence-electron chi connectivity index (χ2n) is 7.73. The number of nitrogens with one attached hydrogen (secondary N) is 1. The molecule has 1 aliphatic rings. The summed E-state index contributed by atoms with van der Waals surface area (Å²) in [4.78, 5) is 37.2. The molecule has 0 aliphatic heterocycles. The summed E-state index contributed by atoms with van der Waals surface area (Å²) in [7, 11) is 1.59. The van der Waals surface area contributed by atoms with Crippen LogP contribution in [0.1, 0.15) is 30.6 Å². The molecule has 1 unspecified atom stereocenters. The second kappa shape index (κ2) is 9.17. The van der Waals surface area contributed by atoms with E-state index in [9.17, 15) is 14.4 Å². The smallest absolute Gasteiger partial charge is 0.267 e. The summed E-state index contributed by atoms with van der Waals surface area (Å²) >= 11 is 0. The van der Waals surface area contributed by atoms with Gasteiger partial charge in [-0.05, 0) is 62.1 Å². The molecule has 0 fully saturated rings. The molecule has 4 rings (SSSR count). The molecule has 2 heterocycles. The first-order chi connectivity index (χ1) is 15.5. The number of rotatable bonds is 7. The molecule has 2 aromatic heterocycles. The predicted octanol–water partition coefficient (Wildman–Crippen LogP) is 1.34. The Morgan fingerprint density at radius 1 is 1.09 bits per heavy atom. The van der Waals surface area contributed by atoms with Crippen LogP contribution in [0.4, 0.5) is 0 Å². The zero-order chi connectivity index (χ0) is 22.7. The molecule has 0 saturated heterocycles. The van der Waals surface area contributed by atoms with Crippen LogP contribution in [0.3, 0.4) is 0 Å². The van der Waals surface area contributed by atoms with Gasteiger partial charge in [-0.3, -0.25) is 14.4 Å². The van der Waals surface area contributed by atoms with E-state index < -0.39 is 6.04 Å². The topological polar surface area (TPSA) is 108 Å². The van der Waals surface area contributed by atoms with Gasteiger partial charge in [-0.1, -0.05) is 0 Å². The van der Waals surface area contributed by atoms with Crippen LogP contribution in [0.15, 0.2) is 52.1 Å². The Hall–Kier alpha value is -3.75. The number of hydrogen-bond acceptors (Lipinski definition) is 6. The molecule has 0 radical (unpaired) electrons. The van der Waals surface area contributed by atoms with E-state index in [4.69, 9.17) is 4.74 Å². The summed E-state index contributed by atoms with van der Waals surface area (Å²) in [5.74, 6) is 0.354. The third kappa shape index (κ3) is 4.46. The SMILES string of the molecule is COc1ccc(-c2ccc(=O)n(C(C)C(=O)NCCn3nc4c(cc3=O)CCC4)n2)cc1. The molecule has 1 atom stereocenters. The molecule has 1 amide bonds. The number of carbonyl (C=O) groups is 1. The van der Waals surface area contributed by atoms with E-state index in [2.05, 4.69) is 15.5 Å². The van der Waals surface area contributed by atoms with Crippen molar-refractivity contribution in [3.63, 3.8) is 0 Å². The summed E-state index contributed by atoms with van der Waals surface area (Å²) < 4.78 is 7.70. The first-order valence-electron chi connectivity index (χ1n) is 10.6. The van der Waals surface area contributed by atoms with Gasteiger partial charge in [0.1, 0.15) is 11.8 Å². The normalized spacial score (nSPS) is 13.4. The molecular weight excluding hydrogens is 410 g/mol. The quantitative estimate of drug-likeness (QED) is 0.600. The molecule has 1 N–H and O–H groups in total. The maximum Gasteiger partial charge on any atom is 0.267 e. The number of aromatic nitrogens is 4. The van der Waals surface area contributed by atoms with Gasteiger partial charge in [0.25, 0.3) is 11.1 Å². The molecule has 1 aromatic carbocycles. The highest BCUT2D eigenvalue weighted by Gasteiger charge is 2.19. The zero-order valence-corrected chi connectivity index (χ0v) is 18.1. The fourth-order valence-electron chi connectivity index (χ4n) is 3.76. The average molecular weight is 435 g/mol. The van der Waals surface area contributed by atoms with Crippen LogP contribution in [0, 0.1) is 0 Å². The molecule has 0 saturated carbocycles. The van der Waals surface area contributed by atoms with Crippen LogP contribution in [0.25, 0.3) is 11.3 Å². The number of methoxy groups -OCH3 is 1. The number of nitrogens with zero attached hydrogens (tertiary/aromatic N) is 4. The van der Waals surface area contributed by atoms with Gasteiger partial charge >= 0.3 is 0 Å². The van der Waals surface area contributed by atoms with Crippen molar-refractivity contribution in [2.24, 2.45) is 0 Å². The molecule has 32 heavy (non-hydrogen) atoms. The largest absolute Gasteiger partial charge is 0.497 e.